The maximum absolute atomic E-state index is 11.0. The summed E-state index contributed by atoms with van der Waals surface area (Å²) in [7, 11) is 0. The van der Waals surface area contributed by atoms with E-state index in [0.717, 1.165) is 0 Å². The number of ether oxygens (including phenoxy) is 1. The molecule has 8 nitrogen and oxygen atoms in total. The molecule has 1 fully saturated rings. The van der Waals surface area contributed by atoms with E-state index in [1.165, 1.54) is 24.3 Å². The summed E-state index contributed by atoms with van der Waals surface area (Å²) >= 11 is 0. The predicted molar refractivity (Wildman–Crippen MR) is 63.2 cm³/mol. The zero-order valence-corrected chi connectivity index (χ0v) is 9.84. The van der Waals surface area contributed by atoms with E-state index in [2.05, 4.69) is 0 Å². The second kappa shape index (κ2) is 5.29. The first-order valence-electron chi connectivity index (χ1n) is 5.66. The van der Waals surface area contributed by atoms with Crippen molar-refractivity contribution in [2.24, 2.45) is 0 Å². The third-order valence-electron chi connectivity index (χ3n) is 3.18. The molecule has 0 bridgehead atoms. The Morgan fingerprint density at radius 1 is 1.21 bits per heavy atom. The summed E-state index contributed by atoms with van der Waals surface area (Å²) in [5.41, 5.74) is 0.517. The number of hydrogen-bond acceptors (Lipinski definition) is 6. The van der Waals surface area contributed by atoms with Gasteiger partial charge in [-0.1, -0.05) is 12.1 Å². The SMILES string of the molecule is O=[N+]([O-])c1ccc([C@@H]2C[C@@H](O)OC[C@H]2[N+](=O)[O-])cc1. The summed E-state index contributed by atoms with van der Waals surface area (Å²) in [5, 5.41) is 30.9. The van der Waals surface area contributed by atoms with Crippen molar-refractivity contribution in [2.75, 3.05) is 6.61 Å². The summed E-state index contributed by atoms with van der Waals surface area (Å²) in [5.74, 6) is -0.514. The summed E-state index contributed by atoms with van der Waals surface area (Å²) in [6.45, 7) is -0.171. The maximum atomic E-state index is 11.0. The Kier molecular flexibility index (Phi) is 3.72. The molecule has 102 valence electrons. The monoisotopic (exact) mass is 268 g/mol. The molecule has 0 spiro atoms. The van der Waals surface area contributed by atoms with Crippen LogP contribution < -0.4 is 0 Å². The van der Waals surface area contributed by atoms with Gasteiger partial charge in [0.25, 0.3) is 5.69 Å². The fourth-order valence-corrected chi connectivity index (χ4v) is 2.18. The van der Waals surface area contributed by atoms with E-state index < -0.39 is 28.1 Å². The van der Waals surface area contributed by atoms with Crippen molar-refractivity contribution in [3.63, 3.8) is 0 Å². The Morgan fingerprint density at radius 3 is 2.37 bits per heavy atom. The van der Waals surface area contributed by atoms with Crippen LogP contribution in [-0.4, -0.2) is 33.9 Å². The fourth-order valence-electron chi connectivity index (χ4n) is 2.18. The van der Waals surface area contributed by atoms with Gasteiger partial charge >= 0.3 is 0 Å². The Bertz CT molecular complexity index is 488. The second-order valence-electron chi connectivity index (χ2n) is 4.33. The normalized spacial score (nSPS) is 26.9. The number of rotatable bonds is 3. The van der Waals surface area contributed by atoms with E-state index in [1.54, 1.807) is 0 Å². The van der Waals surface area contributed by atoms with Crippen molar-refractivity contribution in [1.29, 1.82) is 0 Å². The van der Waals surface area contributed by atoms with Crippen LogP contribution in [0.2, 0.25) is 0 Å². The van der Waals surface area contributed by atoms with Crippen LogP contribution >= 0.6 is 0 Å². The second-order valence-corrected chi connectivity index (χ2v) is 4.33. The first kappa shape index (κ1) is 13.4. The Labute approximate surface area is 107 Å². The van der Waals surface area contributed by atoms with Gasteiger partial charge in [-0.15, -0.1) is 0 Å². The molecule has 0 aromatic heterocycles. The smallest absolute Gasteiger partial charge is 0.269 e. The first-order chi connectivity index (χ1) is 8.99. The lowest BCUT2D eigenvalue weighted by Gasteiger charge is -2.29. The van der Waals surface area contributed by atoms with E-state index in [-0.39, 0.29) is 18.7 Å². The highest BCUT2D eigenvalue weighted by atomic mass is 16.6. The van der Waals surface area contributed by atoms with Crippen molar-refractivity contribution < 1.29 is 19.7 Å². The molecule has 1 aliphatic heterocycles. The Morgan fingerprint density at radius 2 is 1.84 bits per heavy atom. The lowest BCUT2D eigenvalue weighted by Crippen LogP contribution is -2.40. The molecule has 1 aromatic rings. The number of hydrogen-bond donors (Lipinski definition) is 1. The van der Waals surface area contributed by atoms with Crippen molar-refractivity contribution in [3.8, 4) is 0 Å². The molecule has 0 amide bonds. The van der Waals surface area contributed by atoms with Crippen molar-refractivity contribution >= 4 is 5.69 Å². The summed E-state index contributed by atoms with van der Waals surface area (Å²) in [4.78, 5) is 20.5. The van der Waals surface area contributed by atoms with E-state index in [9.17, 15) is 25.3 Å². The summed E-state index contributed by atoms with van der Waals surface area (Å²) < 4.78 is 4.87. The zero-order valence-electron chi connectivity index (χ0n) is 9.84. The number of nitrogens with zero attached hydrogens (tertiary/aromatic N) is 2. The molecule has 3 atom stereocenters. The van der Waals surface area contributed by atoms with E-state index in [0.29, 0.717) is 5.56 Å². The molecule has 8 heteroatoms. The van der Waals surface area contributed by atoms with Crippen LogP contribution in [0.5, 0.6) is 0 Å². The lowest BCUT2D eigenvalue weighted by atomic mass is 9.87. The van der Waals surface area contributed by atoms with Gasteiger partial charge in [-0.25, -0.2) is 0 Å². The van der Waals surface area contributed by atoms with Crippen molar-refractivity contribution in [3.05, 3.63) is 50.1 Å². The molecule has 0 aliphatic carbocycles. The highest BCUT2D eigenvalue weighted by Gasteiger charge is 2.39. The molecule has 1 heterocycles. The van der Waals surface area contributed by atoms with E-state index in [4.69, 9.17) is 4.74 Å². The molecule has 1 saturated heterocycles. The van der Waals surface area contributed by atoms with Gasteiger partial charge in [0.1, 0.15) is 6.61 Å². The van der Waals surface area contributed by atoms with Gasteiger partial charge in [-0.05, 0) is 5.56 Å². The van der Waals surface area contributed by atoms with Crippen molar-refractivity contribution in [2.45, 2.75) is 24.7 Å². The van der Waals surface area contributed by atoms with Crippen LogP contribution in [0.4, 0.5) is 5.69 Å². The van der Waals surface area contributed by atoms with E-state index >= 15 is 0 Å². The number of nitro benzene ring substituents is 1. The lowest BCUT2D eigenvalue weighted by molar-refractivity contribution is -0.538. The highest BCUT2D eigenvalue weighted by Crippen LogP contribution is 2.32. The van der Waals surface area contributed by atoms with Gasteiger partial charge in [0.15, 0.2) is 6.29 Å². The van der Waals surface area contributed by atoms with Gasteiger partial charge in [-0.3, -0.25) is 20.2 Å². The number of non-ortho nitro benzene ring substituents is 1. The van der Waals surface area contributed by atoms with Crippen molar-refractivity contribution in [1.82, 2.24) is 0 Å². The standard InChI is InChI=1S/C11H12N2O6/c14-11-5-9(10(6-19-11)13(17)18)7-1-3-8(4-2-7)12(15)16/h1-4,9-11,14H,5-6H2/t9-,10+,11-/m0/s1. The maximum Gasteiger partial charge on any atom is 0.269 e. The van der Waals surface area contributed by atoms with Crippen LogP contribution in [0.3, 0.4) is 0 Å². The number of nitro groups is 2. The third kappa shape index (κ3) is 2.85. The van der Waals surface area contributed by atoms with Gasteiger partial charge in [-0.2, -0.15) is 0 Å². The first-order valence-corrected chi connectivity index (χ1v) is 5.66. The van der Waals surface area contributed by atoms with E-state index in [1.807, 2.05) is 0 Å². The molecule has 1 N–H and O–H groups in total. The van der Waals surface area contributed by atoms with Gasteiger partial charge in [0, 0.05) is 23.5 Å². The molecule has 1 aromatic carbocycles. The molecular weight excluding hydrogens is 256 g/mol. The number of aliphatic hydroxyl groups is 1. The summed E-state index contributed by atoms with van der Waals surface area (Å²) in [6.07, 6.45) is -0.944. The average Bonchev–Trinajstić information content (AvgIpc) is 2.38. The van der Waals surface area contributed by atoms with Crippen LogP contribution in [0.25, 0.3) is 0 Å². The number of benzene rings is 1. The molecule has 0 saturated carbocycles. The fraction of sp³-hybridized carbons (Fsp3) is 0.455. The Balaban J connectivity index is 2.25. The van der Waals surface area contributed by atoms with Crippen LogP contribution in [0.15, 0.2) is 24.3 Å². The largest absolute Gasteiger partial charge is 0.368 e. The molecule has 19 heavy (non-hydrogen) atoms. The molecule has 2 rings (SSSR count). The molecule has 1 aliphatic rings. The quantitative estimate of drug-likeness (QED) is 0.647. The third-order valence-corrected chi connectivity index (χ3v) is 3.18. The zero-order chi connectivity index (χ0) is 14.0. The highest BCUT2D eigenvalue weighted by molar-refractivity contribution is 5.35. The minimum absolute atomic E-state index is 0.0750. The predicted octanol–water partition coefficient (Wildman–Crippen LogP) is 1.06. The minimum atomic E-state index is -1.05. The van der Waals surface area contributed by atoms with Crippen LogP contribution in [0.1, 0.15) is 17.9 Å². The molecule has 0 radical (unpaired) electrons. The van der Waals surface area contributed by atoms with Gasteiger partial charge in [0.2, 0.25) is 6.04 Å². The van der Waals surface area contributed by atoms with Gasteiger partial charge in [0.05, 0.1) is 10.8 Å². The molecular formula is C11H12N2O6. The molecule has 0 unspecified atom stereocenters. The average molecular weight is 268 g/mol. The topological polar surface area (TPSA) is 116 Å². The van der Waals surface area contributed by atoms with Gasteiger partial charge < -0.3 is 9.84 Å². The Hall–Kier alpha value is -2.06. The van der Waals surface area contributed by atoms with Crippen LogP contribution in [-0.2, 0) is 4.74 Å². The number of aliphatic hydroxyl groups excluding tert-OH is 1. The minimum Gasteiger partial charge on any atom is -0.368 e. The van der Waals surface area contributed by atoms with Crippen LogP contribution in [0, 0.1) is 20.2 Å². The summed E-state index contributed by atoms with van der Waals surface area (Å²) in [6, 6.07) is 4.61.